The van der Waals surface area contributed by atoms with Crippen molar-refractivity contribution in [2.75, 3.05) is 14.2 Å². The zero-order valence-electron chi connectivity index (χ0n) is 11.0. The zero-order valence-corrected chi connectivity index (χ0v) is 12.6. The van der Waals surface area contributed by atoms with E-state index >= 15 is 0 Å². The van der Waals surface area contributed by atoms with Crippen LogP contribution < -0.4 is 0 Å². The van der Waals surface area contributed by atoms with Gasteiger partial charge in [-0.3, -0.25) is 9.59 Å². The highest BCUT2D eigenvalue weighted by Gasteiger charge is 2.30. The van der Waals surface area contributed by atoms with Gasteiger partial charge in [0.1, 0.15) is 0 Å². The smallest absolute Gasteiger partial charge is 0.320 e. The van der Waals surface area contributed by atoms with Gasteiger partial charge in [-0.2, -0.15) is 0 Å². The maximum atomic E-state index is 11.6. The minimum atomic E-state index is -0.886. The van der Waals surface area contributed by atoms with Crippen molar-refractivity contribution in [2.45, 2.75) is 17.7 Å². The number of alkyl halides is 1. The van der Waals surface area contributed by atoms with Crippen molar-refractivity contribution < 1.29 is 19.1 Å². The highest BCUT2D eigenvalue weighted by molar-refractivity contribution is 9.09. The van der Waals surface area contributed by atoms with Gasteiger partial charge in [0.25, 0.3) is 0 Å². The van der Waals surface area contributed by atoms with Gasteiger partial charge in [-0.05, 0) is 18.4 Å². The van der Waals surface area contributed by atoms with Crippen molar-refractivity contribution in [3.05, 3.63) is 35.9 Å². The molecule has 4 nitrogen and oxygen atoms in total. The lowest BCUT2D eigenvalue weighted by molar-refractivity contribution is -0.159. The van der Waals surface area contributed by atoms with Crippen molar-refractivity contribution >= 4 is 27.9 Å². The maximum Gasteiger partial charge on any atom is 0.320 e. The largest absolute Gasteiger partial charge is 0.468 e. The fourth-order valence-corrected chi connectivity index (χ4v) is 2.53. The quantitative estimate of drug-likeness (QED) is 0.457. The lowest BCUT2D eigenvalue weighted by Gasteiger charge is -2.16. The van der Waals surface area contributed by atoms with Crippen LogP contribution in [0.25, 0.3) is 0 Å². The number of carbonyl (C=O) groups is 2. The molecule has 19 heavy (non-hydrogen) atoms. The summed E-state index contributed by atoms with van der Waals surface area (Å²) >= 11 is 3.49. The number of methoxy groups -OCH3 is 2. The molecule has 0 radical (unpaired) electrons. The van der Waals surface area contributed by atoms with Crippen LogP contribution in [0.5, 0.6) is 0 Å². The molecule has 104 valence electrons. The summed E-state index contributed by atoms with van der Waals surface area (Å²) in [5.41, 5.74) is 1.14. The molecular weight excluding hydrogens is 312 g/mol. The van der Waals surface area contributed by atoms with Crippen LogP contribution in [0.3, 0.4) is 0 Å². The number of halogens is 1. The van der Waals surface area contributed by atoms with E-state index in [4.69, 9.17) is 0 Å². The van der Waals surface area contributed by atoms with Gasteiger partial charge >= 0.3 is 11.9 Å². The minimum absolute atomic E-state index is 0.00176. The standard InChI is InChI=1S/C14H17BrO4/c1-18-13(16)12(14(17)19-2)9-11(15)8-10-6-4-3-5-7-10/h3-7,11-12H,8-9H2,1-2H3. The number of rotatable bonds is 6. The van der Waals surface area contributed by atoms with Gasteiger partial charge in [0.05, 0.1) is 14.2 Å². The Morgan fingerprint density at radius 3 is 2.11 bits per heavy atom. The summed E-state index contributed by atoms with van der Waals surface area (Å²) < 4.78 is 9.25. The Labute approximate surface area is 121 Å². The van der Waals surface area contributed by atoms with E-state index in [1.165, 1.54) is 14.2 Å². The van der Waals surface area contributed by atoms with Crippen molar-refractivity contribution in [1.29, 1.82) is 0 Å². The summed E-state index contributed by atoms with van der Waals surface area (Å²) in [4.78, 5) is 23.1. The van der Waals surface area contributed by atoms with Crippen LogP contribution in [0.4, 0.5) is 0 Å². The van der Waals surface area contributed by atoms with Crippen LogP contribution in [0.2, 0.25) is 0 Å². The van der Waals surface area contributed by atoms with Gasteiger partial charge < -0.3 is 9.47 Å². The van der Waals surface area contributed by atoms with E-state index in [9.17, 15) is 9.59 Å². The fourth-order valence-electron chi connectivity index (χ4n) is 1.78. The topological polar surface area (TPSA) is 52.6 Å². The maximum absolute atomic E-state index is 11.6. The molecular formula is C14H17BrO4. The van der Waals surface area contributed by atoms with Gasteiger partial charge in [0.15, 0.2) is 5.92 Å². The van der Waals surface area contributed by atoms with E-state index < -0.39 is 17.9 Å². The molecule has 0 saturated heterocycles. The second kappa shape index (κ2) is 7.94. The van der Waals surface area contributed by atoms with E-state index in [2.05, 4.69) is 25.4 Å². The van der Waals surface area contributed by atoms with Gasteiger partial charge in [-0.1, -0.05) is 46.3 Å². The molecule has 1 unspecified atom stereocenters. The van der Waals surface area contributed by atoms with Gasteiger partial charge in [0, 0.05) is 4.83 Å². The summed E-state index contributed by atoms with van der Waals surface area (Å²) in [6.45, 7) is 0. The highest BCUT2D eigenvalue weighted by Crippen LogP contribution is 2.20. The molecule has 1 aromatic carbocycles. The summed E-state index contributed by atoms with van der Waals surface area (Å²) in [5, 5.41) is 0. The first-order valence-corrected chi connectivity index (χ1v) is 6.83. The highest BCUT2D eigenvalue weighted by atomic mass is 79.9. The Morgan fingerprint density at radius 1 is 1.11 bits per heavy atom. The van der Waals surface area contributed by atoms with Crippen molar-refractivity contribution in [2.24, 2.45) is 5.92 Å². The molecule has 0 heterocycles. The summed E-state index contributed by atoms with van der Waals surface area (Å²) in [6, 6.07) is 9.85. The second-order valence-electron chi connectivity index (χ2n) is 4.12. The first-order chi connectivity index (χ1) is 9.08. The molecule has 0 spiro atoms. The van der Waals surface area contributed by atoms with Crippen LogP contribution in [-0.4, -0.2) is 31.0 Å². The van der Waals surface area contributed by atoms with E-state index in [1.807, 2.05) is 30.3 Å². The molecule has 0 aromatic heterocycles. The zero-order chi connectivity index (χ0) is 14.3. The molecule has 0 amide bonds. The van der Waals surface area contributed by atoms with Gasteiger partial charge in [0.2, 0.25) is 0 Å². The van der Waals surface area contributed by atoms with E-state index in [-0.39, 0.29) is 4.83 Å². The third kappa shape index (κ3) is 5.03. The Hall–Kier alpha value is -1.36. The van der Waals surface area contributed by atoms with Crippen LogP contribution in [0.1, 0.15) is 12.0 Å². The molecule has 0 aliphatic heterocycles. The molecule has 0 bridgehead atoms. The molecule has 5 heteroatoms. The predicted octanol–water partition coefficient (Wildman–Crippen LogP) is 2.34. The van der Waals surface area contributed by atoms with E-state index in [0.29, 0.717) is 6.42 Å². The van der Waals surface area contributed by atoms with E-state index in [1.54, 1.807) is 0 Å². The summed E-state index contributed by atoms with van der Waals surface area (Å²) in [6.07, 6.45) is 1.07. The number of carbonyl (C=O) groups excluding carboxylic acids is 2. The van der Waals surface area contributed by atoms with E-state index in [0.717, 1.165) is 12.0 Å². The first kappa shape index (κ1) is 15.7. The Balaban J connectivity index is 2.63. The second-order valence-corrected chi connectivity index (χ2v) is 5.42. The average Bonchev–Trinajstić information content (AvgIpc) is 2.44. The van der Waals surface area contributed by atoms with Gasteiger partial charge in [-0.25, -0.2) is 0 Å². The predicted molar refractivity (Wildman–Crippen MR) is 75.0 cm³/mol. The number of ether oxygens (including phenoxy) is 2. The molecule has 0 N–H and O–H groups in total. The Kier molecular flexibility index (Phi) is 6.56. The summed E-state index contributed by atoms with van der Waals surface area (Å²) in [5.74, 6) is -2.02. The van der Waals surface area contributed by atoms with Crippen molar-refractivity contribution in [3.8, 4) is 0 Å². The third-order valence-corrected chi connectivity index (χ3v) is 3.46. The minimum Gasteiger partial charge on any atom is -0.468 e. The Bertz CT molecular complexity index is 403. The average molecular weight is 329 g/mol. The fraction of sp³-hybridized carbons (Fsp3) is 0.429. The van der Waals surface area contributed by atoms with Crippen LogP contribution in [0, 0.1) is 5.92 Å². The lowest BCUT2D eigenvalue weighted by atomic mass is 9.99. The molecule has 1 aromatic rings. The number of benzene rings is 1. The molecule has 1 rings (SSSR count). The molecule has 0 saturated carbocycles. The number of hydrogen-bond acceptors (Lipinski definition) is 4. The number of hydrogen-bond donors (Lipinski definition) is 0. The third-order valence-electron chi connectivity index (χ3n) is 2.76. The van der Waals surface area contributed by atoms with Crippen molar-refractivity contribution in [1.82, 2.24) is 0 Å². The number of esters is 2. The summed E-state index contributed by atoms with van der Waals surface area (Å²) in [7, 11) is 2.53. The van der Waals surface area contributed by atoms with Crippen LogP contribution >= 0.6 is 15.9 Å². The lowest BCUT2D eigenvalue weighted by Crippen LogP contribution is -2.29. The van der Waals surface area contributed by atoms with Crippen LogP contribution in [0.15, 0.2) is 30.3 Å². The van der Waals surface area contributed by atoms with Gasteiger partial charge in [-0.15, -0.1) is 0 Å². The van der Waals surface area contributed by atoms with Crippen molar-refractivity contribution in [3.63, 3.8) is 0 Å². The first-order valence-electron chi connectivity index (χ1n) is 5.92. The van der Waals surface area contributed by atoms with Crippen LogP contribution in [-0.2, 0) is 25.5 Å². The molecule has 0 aliphatic carbocycles. The molecule has 0 aliphatic rings. The molecule has 1 atom stereocenters. The Morgan fingerprint density at radius 2 is 1.63 bits per heavy atom. The normalized spacial score (nSPS) is 12.0. The molecule has 0 fully saturated rings. The SMILES string of the molecule is COC(=O)C(CC(Br)Cc1ccccc1)C(=O)OC. The monoisotopic (exact) mass is 328 g/mol.